The topological polar surface area (TPSA) is 245 Å². The molecule has 2 heterocycles. The van der Waals surface area contributed by atoms with Gasteiger partial charge in [-0.15, -0.1) is 0 Å². The minimum absolute atomic E-state index is 0.0824. The van der Waals surface area contributed by atoms with Crippen LogP contribution in [0.3, 0.4) is 0 Å². The lowest BCUT2D eigenvalue weighted by Gasteiger charge is -2.43. The number of benzene rings is 2. The summed E-state index contributed by atoms with van der Waals surface area (Å²) in [6, 6.07) is 7.98. The first-order chi connectivity index (χ1) is 20.4. The number of aromatic hydroxyl groups is 4. The quantitative estimate of drug-likeness (QED) is 0.0806. The van der Waals surface area contributed by atoms with Crippen molar-refractivity contribution in [1.82, 2.24) is 0 Å². The van der Waals surface area contributed by atoms with E-state index >= 15 is 0 Å². The largest absolute Gasteiger partial charge is 0.504 e. The number of carbonyl (C=O) groups excluding carboxylic acids is 1. The maximum atomic E-state index is 12.6. The molecule has 0 unspecified atom stereocenters. The van der Waals surface area contributed by atoms with Gasteiger partial charge >= 0.3 is 5.97 Å². The van der Waals surface area contributed by atoms with Crippen molar-refractivity contribution in [2.24, 2.45) is 0 Å². The summed E-state index contributed by atoms with van der Waals surface area (Å²) in [6.07, 6.45) is -8.38. The normalized spacial score (nSPS) is 31.0. The van der Waals surface area contributed by atoms with Gasteiger partial charge in [-0.05, 0) is 47.9 Å². The molecule has 0 aromatic heterocycles. The van der Waals surface area contributed by atoms with Crippen LogP contribution in [0.15, 0.2) is 42.5 Å². The van der Waals surface area contributed by atoms with Gasteiger partial charge < -0.3 is 69.6 Å². The number of phenolic OH excluding ortho intramolecular Hbond substituents is 4. The summed E-state index contributed by atoms with van der Waals surface area (Å²) in [6.45, 7) is -2.16. The summed E-state index contributed by atoms with van der Waals surface area (Å²) in [5, 5.41) is 89.8. The molecule has 2 aliphatic rings. The van der Waals surface area contributed by atoms with Crippen molar-refractivity contribution < 1.29 is 74.4 Å². The van der Waals surface area contributed by atoms with E-state index in [0.29, 0.717) is 11.1 Å². The zero-order valence-corrected chi connectivity index (χ0v) is 22.7. The number of aliphatic hydroxyl groups excluding tert-OH is 4. The number of esters is 1. The van der Waals surface area contributed by atoms with Crippen LogP contribution in [-0.4, -0.2) is 127 Å². The Hall–Kier alpha value is -3.51. The maximum absolute atomic E-state index is 12.6. The predicted octanol–water partition coefficient (Wildman–Crippen LogP) is -1.40. The minimum Gasteiger partial charge on any atom is -0.504 e. The van der Waals surface area contributed by atoms with Crippen molar-refractivity contribution >= 4 is 12.0 Å². The molecule has 2 aliphatic heterocycles. The van der Waals surface area contributed by atoms with Gasteiger partial charge in [0.25, 0.3) is 0 Å². The first-order valence-corrected chi connectivity index (χ1v) is 13.2. The average molecular weight is 611 g/mol. The molecule has 236 valence electrons. The van der Waals surface area contributed by atoms with Crippen LogP contribution in [0.25, 0.3) is 6.08 Å². The molecule has 2 fully saturated rings. The van der Waals surface area contributed by atoms with Crippen LogP contribution in [0, 0.1) is 0 Å². The number of aliphatic hydroxyl groups is 5. The molecule has 9 N–H and O–H groups in total. The van der Waals surface area contributed by atoms with Gasteiger partial charge in [0.2, 0.25) is 0 Å². The fourth-order valence-electron chi connectivity index (χ4n) is 4.53. The number of hydrogen-bond acceptors (Lipinski definition) is 15. The van der Waals surface area contributed by atoms with Gasteiger partial charge in [-0.25, -0.2) is 4.79 Å². The summed E-state index contributed by atoms with van der Waals surface area (Å²) >= 11 is 0. The Morgan fingerprint density at radius 3 is 2.28 bits per heavy atom. The molecule has 0 bridgehead atoms. The average Bonchev–Trinajstić information content (AvgIpc) is 3.27. The second kappa shape index (κ2) is 13.9. The SMILES string of the molecule is O=C(C=Cc1ccc(O)c(O)c1)O[C@H]1[C@H](O)[C@@H](O[C@@H]2OC[C@](O)(CO)[C@H]2O)[C@H](OCCc2ccc(O)c(O)c2)O[C@@H]1CO. The van der Waals surface area contributed by atoms with Crippen LogP contribution >= 0.6 is 0 Å². The first-order valence-electron chi connectivity index (χ1n) is 13.2. The molecular weight excluding hydrogens is 576 g/mol. The van der Waals surface area contributed by atoms with Crippen molar-refractivity contribution in [3.05, 3.63) is 53.6 Å². The second-order valence-electron chi connectivity index (χ2n) is 10.1. The molecule has 2 aromatic rings. The lowest BCUT2D eigenvalue weighted by Crippen LogP contribution is -2.62. The van der Waals surface area contributed by atoms with Gasteiger partial charge in [0, 0.05) is 6.08 Å². The fraction of sp³-hybridized carbons (Fsp3) is 0.464. The van der Waals surface area contributed by atoms with Gasteiger partial charge in [0.1, 0.15) is 30.0 Å². The van der Waals surface area contributed by atoms with Gasteiger partial charge in [-0.2, -0.15) is 0 Å². The van der Waals surface area contributed by atoms with Crippen LogP contribution < -0.4 is 0 Å². The van der Waals surface area contributed by atoms with Crippen molar-refractivity contribution in [3.63, 3.8) is 0 Å². The molecule has 2 aromatic carbocycles. The summed E-state index contributed by atoms with van der Waals surface area (Å²) in [4.78, 5) is 12.6. The van der Waals surface area contributed by atoms with E-state index < -0.39 is 80.2 Å². The highest BCUT2D eigenvalue weighted by Crippen LogP contribution is 2.33. The first kappa shape index (κ1) is 32.4. The molecule has 15 heteroatoms. The number of ether oxygens (including phenoxy) is 5. The molecule has 43 heavy (non-hydrogen) atoms. The van der Waals surface area contributed by atoms with E-state index in [1.54, 1.807) is 6.07 Å². The Labute approximate surface area is 245 Å². The van der Waals surface area contributed by atoms with Crippen LogP contribution in [0.5, 0.6) is 23.0 Å². The van der Waals surface area contributed by atoms with Crippen molar-refractivity contribution in [3.8, 4) is 23.0 Å². The molecule has 4 rings (SSSR count). The van der Waals surface area contributed by atoms with E-state index in [-0.39, 0.29) is 30.3 Å². The van der Waals surface area contributed by atoms with E-state index in [1.807, 2.05) is 0 Å². The monoisotopic (exact) mass is 610 g/mol. The highest BCUT2D eigenvalue weighted by atomic mass is 16.8. The molecule has 15 nitrogen and oxygen atoms in total. The lowest BCUT2D eigenvalue weighted by atomic mass is 9.97. The third kappa shape index (κ3) is 7.53. The number of rotatable bonds is 11. The van der Waals surface area contributed by atoms with Crippen LogP contribution in [0.1, 0.15) is 11.1 Å². The number of phenols is 4. The Bertz CT molecular complexity index is 1280. The van der Waals surface area contributed by atoms with Gasteiger partial charge in [0.05, 0.1) is 26.4 Å². The second-order valence-corrected chi connectivity index (χ2v) is 10.1. The van der Waals surface area contributed by atoms with Crippen LogP contribution in [-0.2, 0) is 34.9 Å². The molecule has 0 saturated carbocycles. The Balaban J connectivity index is 1.49. The molecule has 0 spiro atoms. The van der Waals surface area contributed by atoms with Crippen molar-refractivity contribution in [2.45, 2.75) is 55.1 Å². The van der Waals surface area contributed by atoms with Gasteiger partial charge in [-0.1, -0.05) is 12.1 Å². The highest BCUT2D eigenvalue weighted by molar-refractivity contribution is 5.87. The highest BCUT2D eigenvalue weighted by Gasteiger charge is 2.54. The third-order valence-electron chi connectivity index (χ3n) is 7.04. The molecule has 0 aliphatic carbocycles. The van der Waals surface area contributed by atoms with Crippen molar-refractivity contribution in [2.75, 3.05) is 26.4 Å². The predicted molar refractivity (Wildman–Crippen MR) is 143 cm³/mol. The number of hydrogen-bond donors (Lipinski definition) is 9. The molecule has 2 saturated heterocycles. The molecule has 8 atom stereocenters. The smallest absolute Gasteiger partial charge is 0.331 e. The van der Waals surface area contributed by atoms with Crippen LogP contribution in [0.2, 0.25) is 0 Å². The van der Waals surface area contributed by atoms with E-state index in [2.05, 4.69) is 0 Å². The van der Waals surface area contributed by atoms with E-state index in [4.69, 9.17) is 23.7 Å². The Morgan fingerprint density at radius 2 is 1.65 bits per heavy atom. The Kier molecular flexibility index (Phi) is 10.4. The summed E-state index contributed by atoms with van der Waals surface area (Å²) in [7, 11) is 0. The van der Waals surface area contributed by atoms with Crippen LogP contribution in [0.4, 0.5) is 0 Å². The summed E-state index contributed by atoms with van der Waals surface area (Å²) in [5.41, 5.74) is -1.13. The van der Waals surface area contributed by atoms with Gasteiger partial charge in [0.15, 0.2) is 41.7 Å². The lowest BCUT2D eigenvalue weighted by molar-refractivity contribution is -0.336. The standard InChI is InChI=1S/C28H34O15/c29-11-20-23(42-21(35)6-3-14-1-4-16(31)18(33)9-14)22(36)24(43-27-25(37)28(38,12-30)13-40-27)26(41-20)39-8-7-15-2-5-17(32)19(34)10-15/h1-6,9-10,20,22-27,29-34,36-38H,7-8,11-13H2/t20-,22+,23-,24-,25+,26-,27+,28-/m1/s1. The number of carbonyl (C=O) groups is 1. The zero-order chi connectivity index (χ0) is 31.3. The zero-order valence-electron chi connectivity index (χ0n) is 22.7. The van der Waals surface area contributed by atoms with E-state index in [1.165, 1.54) is 36.4 Å². The van der Waals surface area contributed by atoms with E-state index in [9.17, 15) is 50.8 Å². The Morgan fingerprint density at radius 1 is 0.953 bits per heavy atom. The fourth-order valence-corrected chi connectivity index (χ4v) is 4.53. The van der Waals surface area contributed by atoms with Crippen molar-refractivity contribution in [1.29, 1.82) is 0 Å². The summed E-state index contributed by atoms with van der Waals surface area (Å²) in [5.74, 6) is -2.39. The van der Waals surface area contributed by atoms with E-state index in [0.717, 1.165) is 6.08 Å². The van der Waals surface area contributed by atoms with Gasteiger partial charge in [-0.3, -0.25) is 0 Å². The summed E-state index contributed by atoms with van der Waals surface area (Å²) < 4.78 is 27.9. The molecule has 0 radical (unpaired) electrons. The minimum atomic E-state index is -2.05. The third-order valence-corrected chi connectivity index (χ3v) is 7.04. The maximum Gasteiger partial charge on any atom is 0.331 e. The molecule has 0 amide bonds. The molecular formula is C28H34O15.